The third-order valence-electron chi connectivity index (χ3n) is 2.69. The minimum Gasteiger partial charge on any atom is -0.461 e. The van der Waals surface area contributed by atoms with Crippen molar-refractivity contribution in [1.29, 1.82) is 0 Å². The molecule has 2 amide bonds. The SMILES string of the molecule is C=CC(=O)OCCNC(=O)OCC(CC)OC(=O)NCCOC(=O)C=C. The molecule has 0 aromatic heterocycles. The Morgan fingerprint density at radius 2 is 1.38 bits per heavy atom. The second kappa shape index (κ2) is 14.3. The third kappa shape index (κ3) is 12.4. The maximum atomic E-state index is 11.6. The Hall–Kier alpha value is -3.04. The zero-order chi connectivity index (χ0) is 19.8. The summed E-state index contributed by atoms with van der Waals surface area (Å²) >= 11 is 0. The molecule has 1 unspecified atom stereocenters. The van der Waals surface area contributed by atoms with Crippen LogP contribution in [0.4, 0.5) is 9.59 Å². The van der Waals surface area contributed by atoms with Crippen LogP contribution in [-0.4, -0.2) is 63.1 Å². The molecule has 0 aromatic carbocycles. The molecule has 0 aliphatic rings. The molecule has 0 heterocycles. The fraction of sp³-hybridized carbons (Fsp3) is 0.500. The van der Waals surface area contributed by atoms with Crippen molar-refractivity contribution < 1.29 is 38.1 Å². The minimum absolute atomic E-state index is 0.0213. The molecule has 1 atom stereocenters. The number of esters is 2. The summed E-state index contributed by atoms with van der Waals surface area (Å²) in [6, 6.07) is 0. The van der Waals surface area contributed by atoms with Gasteiger partial charge in [0.15, 0.2) is 0 Å². The van der Waals surface area contributed by atoms with Crippen molar-refractivity contribution in [2.24, 2.45) is 0 Å². The first-order valence-corrected chi connectivity index (χ1v) is 7.86. The predicted molar refractivity (Wildman–Crippen MR) is 90.2 cm³/mol. The van der Waals surface area contributed by atoms with Crippen molar-refractivity contribution >= 4 is 24.1 Å². The number of carbonyl (C=O) groups excluding carboxylic acids is 4. The van der Waals surface area contributed by atoms with Gasteiger partial charge in [-0.05, 0) is 6.42 Å². The molecule has 0 aromatic rings. The van der Waals surface area contributed by atoms with E-state index >= 15 is 0 Å². The van der Waals surface area contributed by atoms with Gasteiger partial charge in [0.05, 0.1) is 13.1 Å². The molecule has 0 fully saturated rings. The number of amides is 2. The smallest absolute Gasteiger partial charge is 0.407 e. The minimum atomic E-state index is -0.738. The van der Waals surface area contributed by atoms with E-state index in [0.717, 1.165) is 12.2 Å². The van der Waals surface area contributed by atoms with E-state index in [2.05, 4.69) is 33.3 Å². The Morgan fingerprint density at radius 1 is 0.885 bits per heavy atom. The Balaban J connectivity index is 3.88. The van der Waals surface area contributed by atoms with E-state index in [1.165, 1.54) is 0 Å². The van der Waals surface area contributed by atoms with Crippen LogP contribution in [0.3, 0.4) is 0 Å². The zero-order valence-electron chi connectivity index (χ0n) is 14.7. The van der Waals surface area contributed by atoms with Gasteiger partial charge in [0.1, 0.15) is 25.9 Å². The largest absolute Gasteiger partial charge is 0.461 e. The van der Waals surface area contributed by atoms with Crippen LogP contribution >= 0.6 is 0 Å². The molecule has 10 heteroatoms. The lowest BCUT2D eigenvalue weighted by molar-refractivity contribution is -0.138. The van der Waals surface area contributed by atoms with Crippen molar-refractivity contribution in [3.63, 3.8) is 0 Å². The number of nitrogens with one attached hydrogen (secondary N) is 2. The van der Waals surface area contributed by atoms with Crippen LogP contribution in [0.15, 0.2) is 25.3 Å². The first-order valence-electron chi connectivity index (χ1n) is 7.86. The van der Waals surface area contributed by atoms with Crippen LogP contribution in [0.2, 0.25) is 0 Å². The number of hydrogen-bond donors (Lipinski definition) is 2. The van der Waals surface area contributed by atoms with Crippen LogP contribution in [0.5, 0.6) is 0 Å². The molecule has 0 aliphatic carbocycles. The molecule has 10 nitrogen and oxygen atoms in total. The summed E-state index contributed by atoms with van der Waals surface area (Å²) in [5.74, 6) is -1.19. The highest BCUT2D eigenvalue weighted by atomic mass is 16.6. The molecule has 146 valence electrons. The number of alkyl carbamates (subject to hydrolysis) is 2. The average molecular weight is 372 g/mol. The second-order valence-corrected chi connectivity index (χ2v) is 4.63. The summed E-state index contributed by atoms with van der Waals surface area (Å²) in [5, 5.41) is 4.75. The van der Waals surface area contributed by atoms with Crippen LogP contribution in [0.1, 0.15) is 13.3 Å². The van der Waals surface area contributed by atoms with Gasteiger partial charge in [0, 0.05) is 12.2 Å². The molecule has 0 bridgehead atoms. The fourth-order valence-electron chi connectivity index (χ4n) is 1.38. The van der Waals surface area contributed by atoms with E-state index in [-0.39, 0.29) is 32.9 Å². The van der Waals surface area contributed by atoms with Crippen molar-refractivity contribution in [3.8, 4) is 0 Å². The lowest BCUT2D eigenvalue weighted by Gasteiger charge is -2.17. The molecule has 2 N–H and O–H groups in total. The van der Waals surface area contributed by atoms with Crippen LogP contribution in [0.25, 0.3) is 0 Å². The van der Waals surface area contributed by atoms with E-state index in [0.29, 0.717) is 6.42 Å². The van der Waals surface area contributed by atoms with E-state index in [1.54, 1.807) is 6.92 Å². The van der Waals surface area contributed by atoms with E-state index in [9.17, 15) is 19.2 Å². The molecule has 0 spiro atoms. The fourth-order valence-corrected chi connectivity index (χ4v) is 1.38. The van der Waals surface area contributed by atoms with Gasteiger partial charge >= 0.3 is 24.1 Å². The highest BCUT2D eigenvalue weighted by Gasteiger charge is 2.15. The quantitative estimate of drug-likeness (QED) is 0.221. The van der Waals surface area contributed by atoms with Crippen LogP contribution < -0.4 is 10.6 Å². The highest BCUT2D eigenvalue weighted by Crippen LogP contribution is 2.00. The average Bonchev–Trinajstić information content (AvgIpc) is 2.64. The second-order valence-electron chi connectivity index (χ2n) is 4.63. The Labute approximate surface area is 151 Å². The van der Waals surface area contributed by atoms with Crippen molar-refractivity contribution in [1.82, 2.24) is 10.6 Å². The summed E-state index contributed by atoms with van der Waals surface area (Å²) in [4.78, 5) is 44.6. The normalized spacial score (nSPS) is 10.7. The number of ether oxygens (including phenoxy) is 4. The van der Waals surface area contributed by atoms with E-state index < -0.39 is 30.2 Å². The summed E-state index contributed by atoms with van der Waals surface area (Å²) < 4.78 is 19.3. The predicted octanol–water partition coefficient (Wildman–Crippen LogP) is 0.676. The third-order valence-corrected chi connectivity index (χ3v) is 2.69. The van der Waals surface area contributed by atoms with Gasteiger partial charge in [-0.1, -0.05) is 20.1 Å². The standard InChI is InChI=1S/C16H24N2O8/c1-4-12(26-16(22)18-8-10-24-14(20)6-3)11-25-15(21)17-7-9-23-13(19)5-2/h5-6,12H,2-4,7-11H2,1H3,(H,17,21)(H,18,22). The number of hydrogen-bond acceptors (Lipinski definition) is 8. The van der Waals surface area contributed by atoms with E-state index in [4.69, 9.17) is 9.47 Å². The summed E-state index contributed by atoms with van der Waals surface area (Å²) in [5.41, 5.74) is 0. The molecule has 0 radical (unpaired) electrons. The monoisotopic (exact) mass is 372 g/mol. The summed E-state index contributed by atoms with van der Waals surface area (Å²) in [6.45, 7) is 8.17. The lowest BCUT2D eigenvalue weighted by atomic mass is 10.3. The van der Waals surface area contributed by atoms with Crippen molar-refractivity contribution in [2.45, 2.75) is 19.4 Å². The lowest BCUT2D eigenvalue weighted by Crippen LogP contribution is -2.35. The molecule has 26 heavy (non-hydrogen) atoms. The Morgan fingerprint density at radius 3 is 1.85 bits per heavy atom. The molecule has 0 rings (SSSR count). The van der Waals surface area contributed by atoms with Gasteiger partial charge in [-0.2, -0.15) is 0 Å². The molecule has 0 saturated carbocycles. The molecular formula is C16H24N2O8. The van der Waals surface area contributed by atoms with E-state index in [1.807, 2.05) is 0 Å². The Bertz CT molecular complexity index is 506. The van der Waals surface area contributed by atoms with Crippen molar-refractivity contribution in [3.05, 3.63) is 25.3 Å². The maximum Gasteiger partial charge on any atom is 0.407 e. The first kappa shape index (κ1) is 23.0. The van der Waals surface area contributed by atoms with Gasteiger partial charge in [-0.3, -0.25) is 0 Å². The first-order chi connectivity index (χ1) is 12.4. The molecule has 0 aliphatic heterocycles. The topological polar surface area (TPSA) is 129 Å². The molecular weight excluding hydrogens is 348 g/mol. The highest BCUT2D eigenvalue weighted by molar-refractivity contribution is 5.81. The van der Waals surface area contributed by atoms with Crippen molar-refractivity contribution in [2.75, 3.05) is 32.9 Å². The zero-order valence-corrected chi connectivity index (χ0v) is 14.7. The van der Waals surface area contributed by atoms with Gasteiger partial charge in [0.2, 0.25) is 0 Å². The van der Waals surface area contributed by atoms with Crippen LogP contribution in [-0.2, 0) is 28.5 Å². The summed E-state index contributed by atoms with van der Waals surface area (Å²) in [7, 11) is 0. The van der Waals surface area contributed by atoms with Gasteiger partial charge < -0.3 is 29.6 Å². The van der Waals surface area contributed by atoms with Gasteiger partial charge in [-0.15, -0.1) is 0 Å². The summed E-state index contributed by atoms with van der Waals surface area (Å²) in [6.07, 6.45) is 0.330. The maximum absolute atomic E-state index is 11.6. The van der Waals surface area contributed by atoms with Gasteiger partial charge in [-0.25, -0.2) is 19.2 Å². The number of rotatable bonds is 12. The Kier molecular flexibility index (Phi) is 12.6. The van der Waals surface area contributed by atoms with Gasteiger partial charge in [0.25, 0.3) is 0 Å². The van der Waals surface area contributed by atoms with Crippen LogP contribution in [0, 0.1) is 0 Å². The number of carbonyl (C=O) groups is 4. The molecule has 0 saturated heterocycles.